The van der Waals surface area contributed by atoms with E-state index in [4.69, 9.17) is 0 Å². The Labute approximate surface area is 139 Å². The smallest absolute Gasteiger partial charge is 0.229 e. The van der Waals surface area contributed by atoms with Gasteiger partial charge in [0.25, 0.3) is 0 Å². The lowest BCUT2D eigenvalue weighted by molar-refractivity contribution is -0.116. The Morgan fingerprint density at radius 3 is 2.57 bits per heavy atom. The van der Waals surface area contributed by atoms with Crippen molar-refractivity contribution in [1.29, 1.82) is 0 Å². The molecule has 0 aliphatic rings. The van der Waals surface area contributed by atoms with Crippen molar-refractivity contribution in [3.63, 3.8) is 0 Å². The molecule has 23 heavy (non-hydrogen) atoms. The Kier molecular flexibility index (Phi) is 5.69. The molecule has 0 saturated heterocycles. The van der Waals surface area contributed by atoms with Crippen LogP contribution in [0, 0.1) is 0 Å². The predicted octanol–water partition coefficient (Wildman–Crippen LogP) is 1.73. The summed E-state index contributed by atoms with van der Waals surface area (Å²) in [4.78, 5) is 16.0. The van der Waals surface area contributed by atoms with Crippen LogP contribution in [0.3, 0.4) is 0 Å². The van der Waals surface area contributed by atoms with E-state index in [1.165, 1.54) is 11.3 Å². The van der Waals surface area contributed by atoms with Crippen LogP contribution in [0.4, 0.5) is 10.8 Å². The number of hydrogen-bond donors (Lipinski definition) is 3. The van der Waals surface area contributed by atoms with Crippen LogP contribution >= 0.6 is 11.3 Å². The van der Waals surface area contributed by atoms with E-state index in [1.807, 2.05) is 5.38 Å². The summed E-state index contributed by atoms with van der Waals surface area (Å²) >= 11 is 1.35. The van der Waals surface area contributed by atoms with Gasteiger partial charge in [0.15, 0.2) is 5.13 Å². The Hall–Kier alpha value is -1.97. The average Bonchev–Trinajstić information content (AvgIpc) is 2.92. The molecule has 0 aliphatic carbocycles. The third kappa shape index (κ3) is 5.62. The fourth-order valence-corrected chi connectivity index (χ4v) is 3.11. The molecule has 1 amide bonds. The fourth-order valence-electron chi connectivity index (χ4n) is 1.81. The van der Waals surface area contributed by atoms with Gasteiger partial charge in [-0.15, -0.1) is 11.3 Å². The number of anilines is 2. The number of hydrogen-bond acceptors (Lipinski definition) is 6. The van der Waals surface area contributed by atoms with Gasteiger partial charge in [-0.1, -0.05) is 12.1 Å². The lowest BCUT2D eigenvalue weighted by Crippen LogP contribution is -2.18. The second kappa shape index (κ2) is 7.53. The van der Waals surface area contributed by atoms with Gasteiger partial charge in [0.2, 0.25) is 15.9 Å². The summed E-state index contributed by atoms with van der Waals surface area (Å²) in [5, 5.41) is 8.04. The molecule has 0 aliphatic heterocycles. The molecule has 9 heteroatoms. The van der Waals surface area contributed by atoms with Crippen molar-refractivity contribution in [1.82, 2.24) is 10.3 Å². The van der Waals surface area contributed by atoms with Gasteiger partial charge in [0, 0.05) is 29.6 Å². The summed E-state index contributed by atoms with van der Waals surface area (Å²) in [6, 6.07) is 6.88. The summed E-state index contributed by atoms with van der Waals surface area (Å²) in [5.74, 6) is -0.0899. The van der Waals surface area contributed by atoms with E-state index in [1.54, 1.807) is 31.3 Å². The molecule has 2 aromatic rings. The van der Waals surface area contributed by atoms with Gasteiger partial charge in [-0.05, 0) is 19.2 Å². The van der Waals surface area contributed by atoms with Gasteiger partial charge in [-0.3, -0.25) is 9.52 Å². The van der Waals surface area contributed by atoms with Crippen LogP contribution in [-0.4, -0.2) is 39.2 Å². The molecule has 0 atom stereocenters. The quantitative estimate of drug-likeness (QED) is 0.703. The number of thiazole rings is 1. The normalized spacial score (nSPS) is 11.2. The molecule has 124 valence electrons. The van der Waals surface area contributed by atoms with Crippen molar-refractivity contribution in [2.45, 2.75) is 6.42 Å². The minimum Gasteiger partial charge on any atom is -0.319 e. The van der Waals surface area contributed by atoms with Crippen molar-refractivity contribution in [2.75, 3.05) is 29.9 Å². The van der Waals surface area contributed by atoms with Crippen molar-refractivity contribution >= 4 is 38.1 Å². The zero-order valence-corrected chi connectivity index (χ0v) is 14.4. The summed E-state index contributed by atoms with van der Waals surface area (Å²) in [5.41, 5.74) is 2.06. The third-order valence-corrected chi connectivity index (χ3v) is 4.20. The monoisotopic (exact) mass is 354 g/mol. The number of sulfonamides is 1. The molecule has 0 bridgehead atoms. The van der Waals surface area contributed by atoms with Crippen molar-refractivity contribution in [3.8, 4) is 11.3 Å². The number of carbonyl (C=O) groups is 1. The molecule has 0 unspecified atom stereocenters. The van der Waals surface area contributed by atoms with Crippen LogP contribution in [0.2, 0.25) is 0 Å². The van der Waals surface area contributed by atoms with Gasteiger partial charge in [0.1, 0.15) is 0 Å². The van der Waals surface area contributed by atoms with E-state index >= 15 is 0 Å². The molecule has 0 saturated carbocycles. The number of benzene rings is 1. The highest BCUT2D eigenvalue weighted by Gasteiger charge is 2.08. The largest absolute Gasteiger partial charge is 0.319 e. The van der Waals surface area contributed by atoms with Crippen molar-refractivity contribution < 1.29 is 13.2 Å². The standard InChI is InChI=1S/C14H18N4O3S2/c1-15-8-7-13(19)17-14-16-12(9-22-14)10-3-5-11(6-4-10)18-23(2,20)21/h3-6,9,15,18H,7-8H2,1-2H3,(H,16,17,19). The number of nitrogens with zero attached hydrogens (tertiary/aromatic N) is 1. The van der Waals surface area contributed by atoms with Crippen LogP contribution < -0.4 is 15.4 Å². The minimum absolute atomic E-state index is 0.0899. The first-order valence-corrected chi connectivity index (χ1v) is 9.63. The fraction of sp³-hybridized carbons (Fsp3) is 0.286. The third-order valence-electron chi connectivity index (χ3n) is 2.84. The lowest BCUT2D eigenvalue weighted by atomic mass is 10.1. The summed E-state index contributed by atoms with van der Waals surface area (Å²) < 4.78 is 24.7. The molecule has 1 aromatic carbocycles. The second-order valence-corrected chi connectivity index (χ2v) is 7.50. The maximum Gasteiger partial charge on any atom is 0.229 e. The highest BCUT2D eigenvalue weighted by Crippen LogP contribution is 2.26. The van der Waals surface area contributed by atoms with E-state index in [2.05, 4.69) is 20.3 Å². The molecule has 3 N–H and O–H groups in total. The maximum absolute atomic E-state index is 11.6. The summed E-state index contributed by atoms with van der Waals surface area (Å²) in [6.45, 7) is 0.610. The first-order chi connectivity index (χ1) is 10.9. The first kappa shape index (κ1) is 17.4. The second-order valence-electron chi connectivity index (χ2n) is 4.89. The molecule has 0 fully saturated rings. The van der Waals surface area contributed by atoms with E-state index in [-0.39, 0.29) is 5.91 Å². The van der Waals surface area contributed by atoms with Gasteiger partial charge in [-0.25, -0.2) is 13.4 Å². The van der Waals surface area contributed by atoms with E-state index in [0.29, 0.717) is 23.8 Å². The van der Waals surface area contributed by atoms with Gasteiger partial charge in [-0.2, -0.15) is 0 Å². The zero-order valence-electron chi connectivity index (χ0n) is 12.8. The summed E-state index contributed by atoms with van der Waals surface area (Å²) in [7, 11) is -1.50. The van der Waals surface area contributed by atoms with Crippen LogP contribution in [0.15, 0.2) is 29.6 Å². The number of carbonyl (C=O) groups excluding carboxylic acids is 1. The molecule has 7 nitrogen and oxygen atoms in total. The highest BCUT2D eigenvalue weighted by molar-refractivity contribution is 7.92. The van der Waals surface area contributed by atoms with E-state index in [9.17, 15) is 13.2 Å². The Morgan fingerprint density at radius 2 is 1.96 bits per heavy atom. The van der Waals surface area contributed by atoms with Gasteiger partial charge < -0.3 is 10.6 Å². The van der Waals surface area contributed by atoms with Gasteiger partial charge >= 0.3 is 0 Å². The predicted molar refractivity (Wildman–Crippen MR) is 93.2 cm³/mol. The van der Waals surface area contributed by atoms with Crippen LogP contribution in [0.25, 0.3) is 11.3 Å². The Balaban J connectivity index is 2.04. The SMILES string of the molecule is CNCCC(=O)Nc1nc(-c2ccc(NS(C)(=O)=O)cc2)cs1. The Bertz CT molecular complexity index is 770. The minimum atomic E-state index is -3.29. The molecular weight excluding hydrogens is 336 g/mol. The molecule has 2 rings (SSSR count). The first-order valence-electron chi connectivity index (χ1n) is 6.85. The van der Waals surface area contributed by atoms with Gasteiger partial charge in [0.05, 0.1) is 11.9 Å². The zero-order chi connectivity index (χ0) is 16.9. The van der Waals surface area contributed by atoms with E-state index < -0.39 is 10.0 Å². The molecule has 0 radical (unpaired) electrons. The highest BCUT2D eigenvalue weighted by atomic mass is 32.2. The topological polar surface area (TPSA) is 100 Å². The number of nitrogens with one attached hydrogen (secondary N) is 3. The van der Waals surface area contributed by atoms with Crippen molar-refractivity contribution in [2.24, 2.45) is 0 Å². The van der Waals surface area contributed by atoms with Crippen LogP contribution in [0.5, 0.6) is 0 Å². The molecule has 1 heterocycles. The Morgan fingerprint density at radius 1 is 1.26 bits per heavy atom. The molecule has 0 spiro atoms. The van der Waals surface area contributed by atoms with Crippen LogP contribution in [-0.2, 0) is 14.8 Å². The number of amides is 1. The molecular formula is C14H18N4O3S2. The average molecular weight is 354 g/mol. The molecule has 1 aromatic heterocycles. The lowest BCUT2D eigenvalue weighted by Gasteiger charge is -2.04. The van der Waals surface area contributed by atoms with E-state index in [0.717, 1.165) is 17.5 Å². The summed E-state index contributed by atoms with van der Waals surface area (Å²) in [6.07, 6.45) is 1.49. The maximum atomic E-state index is 11.6. The van der Waals surface area contributed by atoms with Crippen LogP contribution in [0.1, 0.15) is 6.42 Å². The number of aromatic nitrogens is 1. The number of rotatable bonds is 7. The van der Waals surface area contributed by atoms with Crippen molar-refractivity contribution in [3.05, 3.63) is 29.6 Å².